The Morgan fingerprint density at radius 3 is 2.35 bits per heavy atom. The van der Waals surface area contributed by atoms with E-state index >= 15 is 0 Å². The van der Waals surface area contributed by atoms with Crippen molar-refractivity contribution in [1.82, 2.24) is 20.0 Å². The first-order chi connectivity index (χ1) is 11.2. The highest BCUT2D eigenvalue weighted by atomic mass is 16.2. The molecule has 5 nitrogen and oxygen atoms in total. The molecule has 0 unspecified atom stereocenters. The van der Waals surface area contributed by atoms with Gasteiger partial charge in [-0.15, -0.1) is 0 Å². The van der Waals surface area contributed by atoms with Crippen LogP contribution in [0.5, 0.6) is 0 Å². The van der Waals surface area contributed by atoms with E-state index in [1.165, 1.54) is 77.8 Å². The molecular weight excluding hydrogens is 288 g/mol. The third-order valence-corrected chi connectivity index (χ3v) is 5.53. The van der Waals surface area contributed by atoms with Crippen LogP contribution in [0, 0.1) is 0 Å². The van der Waals surface area contributed by atoms with E-state index in [1.54, 1.807) is 0 Å². The Bertz CT molecular complexity index is 336. The minimum absolute atomic E-state index is 0.119. The van der Waals surface area contributed by atoms with E-state index in [-0.39, 0.29) is 6.03 Å². The van der Waals surface area contributed by atoms with E-state index in [2.05, 4.69) is 22.0 Å². The topological polar surface area (TPSA) is 38.8 Å². The molecule has 5 heteroatoms. The smallest absolute Gasteiger partial charge is 0.317 e. The molecule has 1 N–H and O–H groups in total. The Balaban J connectivity index is 1.50. The van der Waals surface area contributed by atoms with Crippen molar-refractivity contribution < 1.29 is 4.79 Å². The molecule has 0 bridgehead atoms. The van der Waals surface area contributed by atoms with Crippen molar-refractivity contribution in [3.05, 3.63) is 0 Å². The lowest BCUT2D eigenvalue weighted by atomic mass is 9.95. The van der Waals surface area contributed by atoms with Crippen LogP contribution in [0.15, 0.2) is 0 Å². The van der Waals surface area contributed by atoms with Crippen LogP contribution < -0.4 is 5.32 Å². The molecule has 0 spiro atoms. The van der Waals surface area contributed by atoms with Crippen LogP contribution >= 0.6 is 0 Å². The van der Waals surface area contributed by atoms with E-state index in [4.69, 9.17) is 0 Å². The average Bonchev–Trinajstić information content (AvgIpc) is 2.62. The van der Waals surface area contributed by atoms with Crippen molar-refractivity contribution >= 4 is 6.03 Å². The number of likely N-dealkylation sites (N-methyl/N-ethyl adjacent to an activating group) is 1. The maximum atomic E-state index is 12.2. The van der Waals surface area contributed by atoms with E-state index < -0.39 is 0 Å². The Morgan fingerprint density at radius 1 is 1.04 bits per heavy atom. The molecule has 2 aliphatic rings. The second-order valence-corrected chi connectivity index (χ2v) is 7.12. The van der Waals surface area contributed by atoms with Crippen LogP contribution in [-0.2, 0) is 0 Å². The summed E-state index contributed by atoms with van der Waals surface area (Å²) in [7, 11) is 1.96. The number of hydrogen-bond acceptors (Lipinski definition) is 3. The first kappa shape index (κ1) is 18.5. The Morgan fingerprint density at radius 2 is 1.70 bits per heavy atom. The van der Waals surface area contributed by atoms with E-state index in [9.17, 15) is 4.79 Å². The van der Waals surface area contributed by atoms with Crippen LogP contribution in [0.4, 0.5) is 4.79 Å². The number of amides is 2. The van der Waals surface area contributed by atoms with Crippen molar-refractivity contribution in [2.45, 2.75) is 57.9 Å². The highest BCUT2D eigenvalue weighted by Crippen LogP contribution is 2.21. The summed E-state index contributed by atoms with van der Waals surface area (Å²) in [4.78, 5) is 19.2. The van der Waals surface area contributed by atoms with Crippen LogP contribution in [-0.4, -0.2) is 79.6 Å². The lowest BCUT2D eigenvalue weighted by molar-refractivity contribution is 0.135. The first-order valence-electron chi connectivity index (χ1n) is 9.66. The van der Waals surface area contributed by atoms with Crippen LogP contribution in [0.25, 0.3) is 0 Å². The molecule has 2 amide bonds. The second-order valence-electron chi connectivity index (χ2n) is 7.12. The monoisotopic (exact) mass is 324 g/mol. The number of hydrogen-bond donors (Lipinski definition) is 1. The molecule has 1 aliphatic carbocycles. The average molecular weight is 325 g/mol. The molecule has 1 heterocycles. The fourth-order valence-corrected chi connectivity index (χ4v) is 3.74. The van der Waals surface area contributed by atoms with Gasteiger partial charge in [-0.3, -0.25) is 0 Å². The highest BCUT2D eigenvalue weighted by molar-refractivity contribution is 5.74. The highest BCUT2D eigenvalue weighted by Gasteiger charge is 2.21. The summed E-state index contributed by atoms with van der Waals surface area (Å²) >= 11 is 0. The van der Waals surface area contributed by atoms with E-state index in [0.717, 1.165) is 13.0 Å². The van der Waals surface area contributed by atoms with Crippen LogP contribution in [0.3, 0.4) is 0 Å². The zero-order chi connectivity index (χ0) is 16.5. The maximum Gasteiger partial charge on any atom is 0.317 e. The van der Waals surface area contributed by atoms with Crippen LogP contribution in [0.1, 0.15) is 51.9 Å². The fraction of sp³-hybridized carbons (Fsp3) is 0.944. The number of rotatable bonds is 7. The first-order valence-corrected chi connectivity index (χ1v) is 9.66. The molecule has 1 aliphatic heterocycles. The number of carbonyl (C=O) groups excluding carboxylic acids is 1. The summed E-state index contributed by atoms with van der Waals surface area (Å²) in [5, 5.41) is 3.09. The standard InChI is InChI=1S/C18H36N4O/c1-3-21-13-15-22(16-14-21)12-8-7-11-19-18(23)20(2)17-9-5-4-6-10-17/h17H,3-16H2,1-2H3,(H,19,23). The van der Waals surface area contributed by atoms with Gasteiger partial charge >= 0.3 is 6.03 Å². The zero-order valence-corrected chi connectivity index (χ0v) is 15.2. The predicted molar refractivity (Wildman–Crippen MR) is 95.8 cm³/mol. The predicted octanol–water partition coefficient (Wildman–Crippen LogP) is 2.38. The molecule has 23 heavy (non-hydrogen) atoms. The number of nitrogens with zero attached hydrogens (tertiary/aromatic N) is 3. The third kappa shape index (κ3) is 6.30. The summed E-state index contributed by atoms with van der Waals surface area (Å²) in [6.07, 6.45) is 8.48. The molecule has 0 atom stereocenters. The quantitative estimate of drug-likeness (QED) is 0.731. The largest absolute Gasteiger partial charge is 0.338 e. The molecule has 1 saturated heterocycles. The van der Waals surface area contributed by atoms with Gasteiger partial charge in [-0.05, 0) is 38.8 Å². The van der Waals surface area contributed by atoms with Gasteiger partial charge < -0.3 is 20.0 Å². The van der Waals surface area contributed by atoms with Gasteiger partial charge in [0.1, 0.15) is 0 Å². The summed E-state index contributed by atoms with van der Waals surface area (Å²) in [6, 6.07) is 0.576. The molecule has 2 fully saturated rings. The van der Waals surface area contributed by atoms with Gasteiger partial charge in [-0.1, -0.05) is 26.2 Å². The van der Waals surface area contributed by atoms with Gasteiger partial charge in [-0.25, -0.2) is 4.79 Å². The SMILES string of the molecule is CCN1CCN(CCCCNC(=O)N(C)C2CCCCC2)CC1. The van der Waals surface area contributed by atoms with E-state index in [0.29, 0.717) is 6.04 Å². The van der Waals surface area contributed by atoms with Crippen molar-refractivity contribution in [2.24, 2.45) is 0 Å². The zero-order valence-electron chi connectivity index (χ0n) is 15.2. The van der Waals surface area contributed by atoms with Gasteiger partial charge in [0.15, 0.2) is 0 Å². The second kappa shape index (κ2) is 10.1. The summed E-state index contributed by atoms with van der Waals surface area (Å²) in [6.45, 7) is 10.2. The maximum absolute atomic E-state index is 12.2. The number of unbranched alkanes of at least 4 members (excludes halogenated alkanes) is 1. The number of urea groups is 1. The van der Waals surface area contributed by atoms with Crippen molar-refractivity contribution in [3.63, 3.8) is 0 Å². The molecule has 0 aromatic heterocycles. The molecule has 134 valence electrons. The van der Waals surface area contributed by atoms with Gasteiger partial charge in [0, 0.05) is 45.8 Å². The lowest BCUT2D eigenvalue weighted by Gasteiger charge is -2.34. The molecule has 1 saturated carbocycles. The Kier molecular flexibility index (Phi) is 8.17. The third-order valence-electron chi connectivity index (χ3n) is 5.53. The summed E-state index contributed by atoms with van der Waals surface area (Å²) in [5.41, 5.74) is 0. The van der Waals surface area contributed by atoms with E-state index in [1.807, 2.05) is 11.9 Å². The summed E-state index contributed by atoms with van der Waals surface area (Å²) < 4.78 is 0. The summed E-state index contributed by atoms with van der Waals surface area (Å²) in [5.74, 6) is 0. The minimum Gasteiger partial charge on any atom is -0.338 e. The Hall–Kier alpha value is -0.810. The van der Waals surface area contributed by atoms with Gasteiger partial charge in [0.25, 0.3) is 0 Å². The van der Waals surface area contributed by atoms with Gasteiger partial charge in [0.05, 0.1) is 0 Å². The normalized spacial score (nSPS) is 21.3. The fourth-order valence-electron chi connectivity index (χ4n) is 3.74. The molecule has 0 radical (unpaired) electrons. The van der Waals surface area contributed by atoms with Crippen molar-refractivity contribution in [1.29, 1.82) is 0 Å². The van der Waals surface area contributed by atoms with Gasteiger partial charge in [0.2, 0.25) is 0 Å². The number of carbonyl (C=O) groups is 1. The van der Waals surface area contributed by atoms with Crippen molar-refractivity contribution in [3.8, 4) is 0 Å². The Labute approximate surface area is 142 Å². The van der Waals surface area contributed by atoms with Crippen molar-refractivity contribution in [2.75, 3.05) is 52.9 Å². The van der Waals surface area contributed by atoms with Gasteiger partial charge in [-0.2, -0.15) is 0 Å². The lowest BCUT2D eigenvalue weighted by Crippen LogP contribution is -2.46. The number of nitrogens with one attached hydrogen (secondary N) is 1. The molecule has 0 aromatic carbocycles. The molecule has 2 rings (SSSR count). The molecular formula is C18H36N4O. The molecule has 0 aromatic rings. The number of piperazine rings is 1. The minimum atomic E-state index is 0.119. The van der Waals surface area contributed by atoms with Crippen LogP contribution in [0.2, 0.25) is 0 Å².